The highest BCUT2D eigenvalue weighted by molar-refractivity contribution is 9.10. The summed E-state index contributed by atoms with van der Waals surface area (Å²) >= 11 is 8.24. The molecule has 0 aliphatic heterocycles. The van der Waals surface area contributed by atoms with Crippen LogP contribution in [0.25, 0.3) is 6.08 Å². The van der Waals surface area contributed by atoms with Crippen LogP contribution >= 0.6 is 28.1 Å². The smallest absolute Gasteiger partial charge is 0.262 e. The van der Waals surface area contributed by atoms with Crippen LogP contribution in [0.4, 0.5) is 4.39 Å². The first-order chi connectivity index (χ1) is 10.4. The molecule has 0 aromatic heterocycles. The van der Waals surface area contributed by atoms with Crippen molar-refractivity contribution in [3.05, 3.63) is 40.1 Å². The molecule has 1 rings (SSSR count). The van der Waals surface area contributed by atoms with Gasteiger partial charge in [-0.05, 0) is 43.4 Å². The van der Waals surface area contributed by atoms with Gasteiger partial charge in [-0.15, -0.1) is 0 Å². The Labute approximate surface area is 142 Å². The summed E-state index contributed by atoms with van der Waals surface area (Å²) in [5.41, 5.74) is 5.23. The first-order valence-electron chi connectivity index (χ1n) is 6.41. The molecule has 120 valence electrons. The zero-order valence-electron chi connectivity index (χ0n) is 12.2. The second kappa shape index (κ2) is 9.50. The Bertz CT molecular complexity index is 569. The van der Waals surface area contributed by atoms with Gasteiger partial charge in [-0.2, -0.15) is 0 Å². The van der Waals surface area contributed by atoms with Gasteiger partial charge in [0.15, 0.2) is 5.11 Å². The number of halogens is 2. The fourth-order valence-electron chi connectivity index (χ4n) is 1.52. The minimum atomic E-state index is -0.456. The van der Waals surface area contributed by atoms with Gasteiger partial charge in [-0.3, -0.25) is 15.6 Å². The van der Waals surface area contributed by atoms with E-state index in [1.807, 2.05) is 6.92 Å². The lowest BCUT2D eigenvalue weighted by molar-refractivity contribution is -0.116. The van der Waals surface area contributed by atoms with E-state index < -0.39 is 11.7 Å². The quantitative estimate of drug-likeness (QED) is 0.409. The second-order valence-electron chi connectivity index (χ2n) is 4.44. The number of hydrogen-bond donors (Lipinski definition) is 3. The van der Waals surface area contributed by atoms with Crippen molar-refractivity contribution in [3.63, 3.8) is 0 Å². The first kappa shape index (κ1) is 18.5. The highest BCUT2D eigenvalue weighted by Gasteiger charge is 2.04. The average molecular weight is 390 g/mol. The Hall–Kier alpha value is -1.51. The number of amides is 1. The van der Waals surface area contributed by atoms with Gasteiger partial charge in [0.2, 0.25) is 0 Å². The van der Waals surface area contributed by atoms with E-state index in [2.05, 4.69) is 32.1 Å². The van der Waals surface area contributed by atoms with E-state index in [-0.39, 0.29) is 11.2 Å². The number of methoxy groups -OCH3 is 1. The number of nitrogens with one attached hydrogen (secondary N) is 3. The van der Waals surface area contributed by atoms with Crippen molar-refractivity contribution in [2.24, 2.45) is 0 Å². The normalized spacial score (nSPS) is 12.0. The van der Waals surface area contributed by atoms with Crippen molar-refractivity contribution in [1.82, 2.24) is 16.2 Å². The second-order valence-corrected chi connectivity index (χ2v) is 5.77. The third kappa shape index (κ3) is 6.97. The van der Waals surface area contributed by atoms with Crippen LogP contribution in [0, 0.1) is 5.82 Å². The number of ether oxygens (including phenoxy) is 1. The monoisotopic (exact) mass is 389 g/mol. The third-order valence-electron chi connectivity index (χ3n) is 2.47. The predicted octanol–water partition coefficient (Wildman–Crippen LogP) is 2.13. The number of carbonyl (C=O) groups is 1. The summed E-state index contributed by atoms with van der Waals surface area (Å²) in [5.74, 6) is -0.867. The summed E-state index contributed by atoms with van der Waals surface area (Å²) in [7, 11) is 1.59. The maximum Gasteiger partial charge on any atom is 0.262 e. The van der Waals surface area contributed by atoms with E-state index in [1.165, 1.54) is 18.2 Å². The third-order valence-corrected chi connectivity index (χ3v) is 3.18. The SMILES string of the molecule is COC[C@@H](C)NC(=S)NNC(=O)/C=C/c1cc(Br)ccc1F. The molecule has 1 amide bonds. The number of hydrogen-bond acceptors (Lipinski definition) is 3. The molecule has 0 aliphatic carbocycles. The molecule has 0 spiro atoms. The molecule has 0 bridgehead atoms. The van der Waals surface area contributed by atoms with Crippen molar-refractivity contribution >= 4 is 45.2 Å². The molecule has 0 aliphatic rings. The zero-order valence-corrected chi connectivity index (χ0v) is 14.6. The van der Waals surface area contributed by atoms with Crippen LogP contribution in [0.3, 0.4) is 0 Å². The van der Waals surface area contributed by atoms with Crippen LogP contribution in [0.2, 0.25) is 0 Å². The van der Waals surface area contributed by atoms with Crippen LogP contribution in [-0.2, 0) is 9.53 Å². The lowest BCUT2D eigenvalue weighted by Gasteiger charge is -2.15. The predicted molar refractivity (Wildman–Crippen MR) is 91.5 cm³/mol. The molecule has 0 radical (unpaired) electrons. The molecule has 1 aromatic carbocycles. The van der Waals surface area contributed by atoms with E-state index in [4.69, 9.17) is 17.0 Å². The van der Waals surface area contributed by atoms with Crippen molar-refractivity contribution in [2.75, 3.05) is 13.7 Å². The fraction of sp³-hybridized carbons (Fsp3) is 0.286. The molecule has 5 nitrogen and oxygen atoms in total. The molecular formula is C14H17BrFN3O2S. The molecule has 8 heteroatoms. The Morgan fingerprint density at radius 3 is 2.91 bits per heavy atom. The molecule has 1 atom stereocenters. The van der Waals surface area contributed by atoms with E-state index in [0.717, 1.165) is 4.47 Å². The van der Waals surface area contributed by atoms with Crippen LogP contribution < -0.4 is 16.2 Å². The maximum atomic E-state index is 13.5. The molecule has 3 N–H and O–H groups in total. The minimum absolute atomic E-state index is 0.00760. The van der Waals surface area contributed by atoms with E-state index in [1.54, 1.807) is 19.2 Å². The van der Waals surface area contributed by atoms with Gasteiger partial charge in [-0.25, -0.2) is 4.39 Å². The van der Waals surface area contributed by atoms with Gasteiger partial charge < -0.3 is 10.1 Å². The number of carbonyl (C=O) groups excluding carboxylic acids is 1. The van der Waals surface area contributed by atoms with Gasteiger partial charge in [0.1, 0.15) is 5.82 Å². The molecule has 22 heavy (non-hydrogen) atoms. The Kier molecular flexibility index (Phi) is 8.00. The van der Waals surface area contributed by atoms with E-state index in [9.17, 15) is 9.18 Å². The molecule has 0 fully saturated rings. The van der Waals surface area contributed by atoms with Crippen molar-refractivity contribution in [2.45, 2.75) is 13.0 Å². The zero-order chi connectivity index (χ0) is 16.5. The molecular weight excluding hydrogens is 373 g/mol. The molecule has 0 heterocycles. The standard InChI is InChI=1S/C14H17BrFN3O2S/c1-9(8-21-2)17-14(22)19-18-13(20)6-3-10-7-11(15)4-5-12(10)16/h3-7,9H,8H2,1-2H3,(H,18,20)(H2,17,19,22)/b6-3+/t9-/m1/s1. The summed E-state index contributed by atoms with van der Waals surface area (Å²) in [6, 6.07) is 4.48. The summed E-state index contributed by atoms with van der Waals surface area (Å²) in [6.45, 7) is 2.37. The van der Waals surface area contributed by atoms with Crippen LogP contribution in [0.15, 0.2) is 28.7 Å². The van der Waals surface area contributed by atoms with Crippen molar-refractivity contribution in [1.29, 1.82) is 0 Å². The minimum Gasteiger partial charge on any atom is -0.383 e. The lowest BCUT2D eigenvalue weighted by Crippen LogP contribution is -2.49. The van der Waals surface area contributed by atoms with Crippen LogP contribution in [0.5, 0.6) is 0 Å². The van der Waals surface area contributed by atoms with E-state index >= 15 is 0 Å². The summed E-state index contributed by atoms with van der Waals surface area (Å²) in [5, 5.41) is 3.18. The Balaban J connectivity index is 2.44. The van der Waals surface area contributed by atoms with Crippen molar-refractivity contribution < 1.29 is 13.9 Å². The summed E-state index contributed by atoms with van der Waals surface area (Å²) < 4.78 is 19.2. The molecule has 0 saturated heterocycles. The van der Waals surface area contributed by atoms with Gasteiger partial charge in [0, 0.05) is 29.3 Å². The van der Waals surface area contributed by atoms with Gasteiger partial charge in [0.05, 0.1) is 6.61 Å². The highest BCUT2D eigenvalue weighted by atomic mass is 79.9. The number of rotatable bonds is 5. The average Bonchev–Trinajstić information content (AvgIpc) is 2.46. The first-order valence-corrected chi connectivity index (χ1v) is 7.61. The summed E-state index contributed by atoms with van der Waals surface area (Å²) in [6.07, 6.45) is 2.58. The maximum absolute atomic E-state index is 13.5. The number of thiocarbonyl (C=S) groups is 1. The van der Waals surface area contributed by atoms with Crippen LogP contribution in [-0.4, -0.2) is 30.8 Å². The Morgan fingerprint density at radius 2 is 2.23 bits per heavy atom. The lowest BCUT2D eigenvalue weighted by atomic mass is 10.2. The number of hydrazine groups is 1. The fourth-order valence-corrected chi connectivity index (χ4v) is 2.15. The van der Waals surface area contributed by atoms with E-state index in [0.29, 0.717) is 12.2 Å². The van der Waals surface area contributed by atoms with Crippen molar-refractivity contribution in [3.8, 4) is 0 Å². The largest absolute Gasteiger partial charge is 0.383 e. The van der Waals surface area contributed by atoms with Gasteiger partial charge in [-0.1, -0.05) is 15.9 Å². The Morgan fingerprint density at radius 1 is 1.50 bits per heavy atom. The van der Waals surface area contributed by atoms with Gasteiger partial charge in [0.25, 0.3) is 5.91 Å². The highest BCUT2D eigenvalue weighted by Crippen LogP contribution is 2.16. The topological polar surface area (TPSA) is 62.4 Å². The van der Waals surface area contributed by atoms with Gasteiger partial charge >= 0.3 is 0 Å². The number of benzene rings is 1. The molecule has 0 saturated carbocycles. The molecule has 1 aromatic rings. The summed E-state index contributed by atoms with van der Waals surface area (Å²) in [4.78, 5) is 11.6. The van der Waals surface area contributed by atoms with Crippen LogP contribution in [0.1, 0.15) is 12.5 Å². The molecule has 0 unspecified atom stereocenters.